The van der Waals surface area contributed by atoms with Crippen molar-refractivity contribution in [3.8, 4) is 0 Å². The van der Waals surface area contributed by atoms with Crippen molar-refractivity contribution in [2.24, 2.45) is 11.3 Å². The Bertz CT molecular complexity index is 309. The molecule has 104 valence electrons. The van der Waals surface area contributed by atoms with Crippen molar-refractivity contribution in [1.29, 1.82) is 0 Å². The molecule has 0 aliphatic heterocycles. The monoisotopic (exact) mass is 256 g/mol. The summed E-state index contributed by atoms with van der Waals surface area (Å²) in [6, 6.07) is -0.0885. The van der Waals surface area contributed by atoms with Crippen LogP contribution in [0.15, 0.2) is 0 Å². The van der Waals surface area contributed by atoms with Gasteiger partial charge in [-0.15, -0.1) is 0 Å². The minimum atomic E-state index is -0.847. The fourth-order valence-electron chi connectivity index (χ4n) is 2.10. The Morgan fingerprint density at radius 2 is 1.89 bits per heavy atom. The van der Waals surface area contributed by atoms with Crippen LogP contribution in [0.2, 0.25) is 0 Å². The molecule has 1 aliphatic carbocycles. The zero-order chi connectivity index (χ0) is 13.8. The highest BCUT2D eigenvalue weighted by Gasteiger charge is 2.35. The summed E-state index contributed by atoms with van der Waals surface area (Å²) in [5, 5.41) is 14.8. The van der Waals surface area contributed by atoms with E-state index in [2.05, 4.69) is 10.6 Å². The molecule has 3 N–H and O–H groups in total. The van der Waals surface area contributed by atoms with E-state index in [1.807, 2.05) is 20.8 Å². The smallest absolute Gasteiger partial charge is 0.315 e. The fourth-order valence-corrected chi connectivity index (χ4v) is 2.10. The summed E-state index contributed by atoms with van der Waals surface area (Å²) in [5.74, 6) is -0.250. The Labute approximate surface area is 108 Å². The first-order valence-electron chi connectivity index (χ1n) is 6.73. The van der Waals surface area contributed by atoms with Gasteiger partial charge in [-0.1, -0.05) is 13.8 Å². The number of amides is 2. The van der Waals surface area contributed by atoms with Crippen molar-refractivity contribution in [2.45, 2.75) is 52.5 Å². The number of rotatable bonds is 7. The minimum absolute atomic E-state index is 0.174. The van der Waals surface area contributed by atoms with Crippen molar-refractivity contribution in [3.63, 3.8) is 0 Å². The molecule has 1 rings (SSSR count). The highest BCUT2D eigenvalue weighted by atomic mass is 16.4. The van der Waals surface area contributed by atoms with Crippen LogP contribution in [-0.2, 0) is 4.79 Å². The molecule has 0 aromatic carbocycles. The van der Waals surface area contributed by atoms with Gasteiger partial charge in [-0.05, 0) is 38.5 Å². The minimum Gasteiger partial charge on any atom is -0.481 e. The zero-order valence-electron chi connectivity index (χ0n) is 11.5. The summed E-state index contributed by atoms with van der Waals surface area (Å²) in [6.07, 6.45) is 3.36. The Morgan fingerprint density at radius 3 is 2.28 bits per heavy atom. The predicted octanol–water partition coefficient (Wildman–Crippen LogP) is 1.98. The third kappa shape index (κ3) is 3.62. The van der Waals surface area contributed by atoms with Gasteiger partial charge >= 0.3 is 12.0 Å². The standard InChI is InChI=1S/C13H24N2O3/c1-4-13(5-2,11(16)17)8-14-12(18)15-9(3)10-6-7-10/h9-10H,4-8H2,1-3H3,(H,16,17)(H2,14,15,18). The molecular weight excluding hydrogens is 232 g/mol. The summed E-state index contributed by atoms with van der Waals surface area (Å²) in [5.41, 5.74) is -0.847. The second kappa shape index (κ2) is 6.07. The maximum Gasteiger partial charge on any atom is 0.315 e. The first-order valence-corrected chi connectivity index (χ1v) is 6.73. The highest BCUT2D eigenvalue weighted by molar-refractivity contribution is 5.78. The molecule has 5 nitrogen and oxygen atoms in total. The average Bonchev–Trinajstić information content (AvgIpc) is 3.14. The number of nitrogens with one attached hydrogen (secondary N) is 2. The fraction of sp³-hybridized carbons (Fsp3) is 0.846. The van der Waals surface area contributed by atoms with Gasteiger partial charge in [-0.25, -0.2) is 4.79 Å². The Hall–Kier alpha value is -1.26. The van der Waals surface area contributed by atoms with Gasteiger partial charge in [0.15, 0.2) is 0 Å². The van der Waals surface area contributed by atoms with Gasteiger partial charge < -0.3 is 15.7 Å². The average molecular weight is 256 g/mol. The summed E-state index contributed by atoms with van der Waals surface area (Å²) in [7, 11) is 0. The number of carbonyl (C=O) groups excluding carboxylic acids is 1. The molecule has 2 amide bonds. The van der Waals surface area contributed by atoms with Crippen LogP contribution in [0.4, 0.5) is 4.79 Å². The molecule has 0 aromatic rings. The Balaban J connectivity index is 2.41. The third-order valence-electron chi connectivity index (χ3n) is 4.08. The largest absolute Gasteiger partial charge is 0.481 e. The van der Waals surface area contributed by atoms with Crippen LogP contribution in [0.3, 0.4) is 0 Å². The lowest BCUT2D eigenvalue weighted by atomic mass is 9.82. The number of carboxylic acid groups (broad SMARTS) is 1. The zero-order valence-corrected chi connectivity index (χ0v) is 11.5. The maximum absolute atomic E-state index is 11.7. The number of aliphatic carboxylic acids is 1. The van der Waals surface area contributed by atoms with Gasteiger partial charge in [0.25, 0.3) is 0 Å². The highest BCUT2D eigenvalue weighted by Crippen LogP contribution is 2.32. The second-order valence-electron chi connectivity index (χ2n) is 5.25. The molecule has 0 heterocycles. The van der Waals surface area contributed by atoms with Gasteiger partial charge in [0.2, 0.25) is 0 Å². The summed E-state index contributed by atoms with van der Waals surface area (Å²) in [4.78, 5) is 22.9. The van der Waals surface area contributed by atoms with E-state index in [4.69, 9.17) is 0 Å². The Morgan fingerprint density at radius 1 is 1.33 bits per heavy atom. The number of urea groups is 1. The van der Waals surface area contributed by atoms with Crippen LogP contribution in [0.1, 0.15) is 46.5 Å². The van der Waals surface area contributed by atoms with Crippen LogP contribution in [0, 0.1) is 11.3 Å². The normalized spacial score (nSPS) is 17.1. The Kier molecular flexibility index (Phi) is 4.99. The molecule has 0 spiro atoms. The van der Waals surface area contributed by atoms with Crippen molar-refractivity contribution in [3.05, 3.63) is 0 Å². The van der Waals surface area contributed by atoms with E-state index in [1.54, 1.807) is 0 Å². The number of hydrogen-bond donors (Lipinski definition) is 3. The van der Waals surface area contributed by atoms with Crippen molar-refractivity contribution >= 4 is 12.0 Å². The van der Waals surface area contributed by atoms with E-state index in [0.717, 1.165) is 0 Å². The second-order valence-corrected chi connectivity index (χ2v) is 5.25. The molecule has 0 radical (unpaired) electrons. The molecule has 1 unspecified atom stereocenters. The first kappa shape index (κ1) is 14.8. The van der Waals surface area contributed by atoms with E-state index in [1.165, 1.54) is 12.8 Å². The van der Waals surface area contributed by atoms with Crippen LogP contribution >= 0.6 is 0 Å². The lowest BCUT2D eigenvalue weighted by molar-refractivity contribution is -0.149. The molecule has 5 heteroatoms. The topological polar surface area (TPSA) is 78.4 Å². The summed E-state index contributed by atoms with van der Waals surface area (Å²) >= 11 is 0. The summed E-state index contributed by atoms with van der Waals surface area (Å²) in [6.45, 7) is 5.84. The number of carbonyl (C=O) groups is 2. The molecule has 1 saturated carbocycles. The van der Waals surface area contributed by atoms with Crippen molar-refractivity contribution in [2.75, 3.05) is 6.54 Å². The molecule has 1 atom stereocenters. The van der Waals surface area contributed by atoms with Gasteiger partial charge in [0, 0.05) is 12.6 Å². The third-order valence-corrected chi connectivity index (χ3v) is 4.08. The number of hydrogen-bond acceptors (Lipinski definition) is 2. The summed E-state index contributed by atoms with van der Waals surface area (Å²) < 4.78 is 0. The molecule has 1 aliphatic rings. The van der Waals surface area contributed by atoms with E-state index < -0.39 is 11.4 Å². The van der Waals surface area contributed by atoms with Crippen molar-refractivity contribution < 1.29 is 14.7 Å². The van der Waals surface area contributed by atoms with Crippen LogP contribution in [0.5, 0.6) is 0 Å². The first-order chi connectivity index (χ1) is 8.45. The maximum atomic E-state index is 11.7. The van der Waals surface area contributed by atoms with Crippen molar-refractivity contribution in [1.82, 2.24) is 10.6 Å². The molecular formula is C13H24N2O3. The molecule has 1 fully saturated rings. The predicted molar refractivity (Wildman–Crippen MR) is 69.4 cm³/mol. The molecule has 0 bridgehead atoms. The van der Waals surface area contributed by atoms with Gasteiger partial charge in [-0.3, -0.25) is 4.79 Å². The van der Waals surface area contributed by atoms with Gasteiger partial charge in [0.1, 0.15) is 0 Å². The van der Waals surface area contributed by atoms with Crippen LogP contribution in [-0.4, -0.2) is 29.7 Å². The van der Waals surface area contributed by atoms with Gasteiger partial charge in [0.05, 0.1) is 5.41 Å². The SMILES string of the molecule is CCC(CC)(CNC(=O)NC(C)C1CC1)C(=O)O. The van der Waals surface area contributed by atoms with E-state index in [-0.39, 0.29) is 18.6 Å². The molecule has 0 saturated heterocycles. The lowest BCUT2D eigenvalue weighted by Gasteiger charge is -2.27. The van der Waals surface area contributed by atoms with E-state index >= 15 is 0 Å². The van der Waals surface area contributed by atoms with E-state index in [0.29, 0.717) is 18.8 Å². The van der Waals surface area contributed by atoms with Gasteiger partial charge in [-0.2, -0.15) is 0 Å². The number of carboxylic acids is 1. The van der Waals surface area contributed by atoms with Crippen LogP contribution in [0.25, 0.3) is 0 Å². The lowest BCUT2D eigenvalue weighted by Crippen LogP contribution is -2.48. The molecule has 18 heavy (non-hydrogen) atoms. The quantitative estimate of drug-likeness (QED) is 0.651. The van der Waals surface area contributed by atoms with Crippen LogP contribution < -0.4 is 10.6 Å². The molecule has 0 aromatic heterocycles. The van der Waals surface area contributed by atoms with E-state index in [9.17, 15) is 14.7 Å².